The van der Waals surface area contributed by atoms with Crippen LogP contribution in [0.25, 0.3) is 10.9 Å². The van der Waals surface area contributed by atoms with Crippen LogP contribution in [0.5, 0.6) is 5.75 Å². The summed E-state index contributed by atoms with van der Waals surface area (Å²) in [4.78, 5) is 5.97. The lowest BCUT2D eigenvalue weighted by Gasteiger charge is -2.46. The largest absolute Gasteiger partial charge is 0.504 e. The average molecular weight is 356 g/mol. The lowest BCUT2D eigenvalue weighted by Crippen LogP contribution is -2.46. The summed E-state index contributed by atoms with van der Waals surface area (Å²) in [6, 6.07) is 5.40. The van der Waals surface area contributed by atoms with E-state index in [1.54, 1.807) is 14.2 Å². The first-order valence-electron chi connectivity index (χ1n) is 10.2. The first-order valence-corrected chi connectivity index (χ1v) is 9.66. The van der Waals surface area contributed by atoms with Gasteiger partial charge in [-0.3, -0.25) is 4.90 Å². The van der Waals surface area contributed by atoms with E-state index >= 15 is 0 Å². The minimum atomic E-state index is -0.725. The van der Waals surface area contributed by atoms with Crippen molar-refractivity contribution in [3.05, 3.63) is 41.3 Å². The molecule has 1 aromatic carbocycles. The highest BCUT2D eigenvalue weighted by Gasteiger charge is 2.40. The topological polar surface area (TPSA) is 37.5 Å². The van der Waals surface area contributed by atoms with Crippen LogP contribution >= 0.6 is 0 Å². The third-order valence-corrected chi connectivity index (χ3v) is 6.26. The summed E-state index contributed by atoms with van der Waals surface area (Å²) >= 11 is 0. The van der Waals surface area contributed by atoms with E-state index < -0.39 is 6.02 Å². The Balaban J connectivity index is 1.82. The van der Waals surface area contributed by atoms with Gasteiger partial charge in [-0.25, -0.2) is 0 Å². The van der Waals surface area contributed by atoms with Gasteiger partial charge in [0.2, 0.25) is 0 Å². The highest BCUT2D eigenvalue weighted by atomic mass is 16.5. The van der Waals surface area contributed by atoms with Gasteiger partial charge in [-0.1, -0.05) is 19.4 Å². The standard InChI is InChI=1S/C22H30N2O2/c1-5-15-12-24-10-9-16-21-18(7-6-8-20(21)26-4)23-22(16)19(24)11-17(15)14(2)13-25-3/h6-8,13,15,17,19,23H,5,9-12H2,1-4H3/b14-13-/t15-,17+,19-/m0/s1/i19D. The van der Waals surface area contributed by atoms with Crippen molar-refractivity contribution in [2.45, 2.75) is 39.1 Å². The van der Waals surface area contributed by atoms with E-state index in [0.29, 0.717) is 11.8 Å². The number of benzene rings is 1. The third kappa shape index (κ3) is 2.71. The second kappa shape index (κ2) is 6.99. The normalized spacial score (nSPS) is 29.8. The van der Waals surface area contributed by atoms with Crippen LogP contribution in [0.15, 0.2) is 30.0 Å². The van der Waals surface area contributed by atoms with E-state index in [4.69, 9.17) is 9.47 Å². The molecule has 1 N–H and O–H groups in total. The molecule has 4 heteroatoms. The average Bonchev–Trinajstić information content (AvgIpc) is 3.07. The predicted molar refractivity (Wildman–Crippen MR) is 106 cm³/mol. The molecule has 0 aliphatic carbocycles. The summed E-state index contributed by atoms with van der Waals surface area (Å²) in [5.74, 6) is 1.83. The highest BCUT2D eigenvalue weighted by molar-refractivity contribution is 5.91. The summed E-state index contributed by atoms with van der Waals surface area (Å²) in [6.45, 7) is 6.30. The number of rotatable bonds is 4. The van der Waals surface area contributed by atoms with Crippen molar-refractivity contribution in [1.29, 1.82) is 0 Å². The number of ether oxygens (including phenoxy) is 2. The molecule has 0 unspecified atom stereocenters. The van der Waals surface area contributed by atoms with E-state index in [1.165, 1.54) is 11.1 Å². The zero-order valence-corrected chi connectivity index (χ0v) is 16.3. The molecular weight excluding hydrogens is 324 g/mol. The van der Waals surface area contributed by atoms with Crippen LogP contribution in [0, 0.1) is 11.8 Å². The number of hydrogen-bond donors (Lipinski definition) is 1. The predicted octanol–water partition coefficient (Wildman–Crippen LogP) is 4.67. The molecule has 26 heavy (non-hydrogen) atoms. The monoisotopic (exact) mass is 355 g/mol. The maximum absolute atomic E-state index is 9.53. The van der Waals surface area contributed by atoms with Gasteiger partial charge in [0, 0.05) is 29.7 Å². The van der Waals surface area contributed by atoms with Gasteiger partial charge in [0.15, 0.2) is 0 Å². The van der Waals surface area contributed by atoms with Crippen molar-refractivity contribution in [2.75, 3.05) is 27.3 Å². The first kappa shape index (κ1) is 16.2. The van der Waals surface area contributed by atoms with Crippen LogP contribution < -0.4 is 4.74 Å². The van der Waals surface area contributed by atoms with E-state index in [0.717, 1.165) is 54.7 Å². The fourth-order valence-corrected chi connectivity index (χ4v) is 4.93. The number of piperidine rings is 1. The molecule has 0 spiro atoms. The van der Waals surface area contributed by atoms with E-state index in [9.17, 15) is 1.37 Å². The van der Waals surface area contributed by atoms with Gasteiger partial charge in [0.1, 0.15) is 5.75 Å². The molecule has 140 valence electrons. The van der Waals surface area contributed by atoms with Crippen LogP contribution in [-0.4, -0.2) is 37.2 Å². The number of hydrogen-bond acceptors (Lipinski definition) is 3. The van der Waals surface area contributed by atoms with Crippen molar-refractivity contribution in [2.24, 2.45) is 11.8 Å². The number of H-pyrrole nitrogens is 1. The summed E-state index contributed by atoms with van der Waals surface area (Å²) in [5.41, 5.74) is 4.64. The molecule has 1 aromatic heterocycles. The van der Waals surface area contributed by atoms with E-state index in [1.807, 2.05) is 18.4 Å². The quantitative estimate of drug-likeness (QED) is 0.810. The van der Waals surface area contributed by atoms with Gasteiger partial charge in [0.25, 0.3) is 0 Å². The number of nitrogens with one attached hydrogen (secondary N) is 1. The van der Waals surface area contributed by atoms with E-state index in [2.05, 4.69) is 29.8 Å². The Bertz CT molecular complexity index is 875. The minimum absolute atomic E-state index is 0.364. The SMILES string of the molecule is [2H][C@@]12C[C@H](/C(C)=C\OC)[C@@H](CC)CN1CCc1c2[nH]c2cccc(OC)c12. The fraction of sp³-hybridized carbons (Fsp3) is 0.545. The molecule has 3 heterocycles. The van der Waals surface area contributed by atoms with Crippen molar-refractivity contribution < 1.29 is 10.8 Å². The molecule has 1 saturated heterocycles. The minimum Gasteiger partial charge on any atom is -0.504 e. The van der Waals surface area contributed by atoms with Gasteiger partial charge in [-0.15, -0.1) is 0 Å². The van der Waals surface area contributed by atoms with Gasteiger partial charge in [0.05, 0.1) is 27.9 Å². The Morgan fingerprint density at radius 3 is 3.00 bits per heavy atom. The molecule has 2 aromatic rings. The maximum Gasteiger partial charge on any atom is 0.128 e. The van der Waals surface area contributed by atoms with Crippen molar-refractivity contribution in [3.63, 3.8) is 0 Å². The smallest absolute Gasteiger partial charge is 0.128 e. The Morgan fingerprint density at radius 2 is 2.27 bits per heavy atom. The number of aromatic nitrogens is 1. The lowest BCUT2D eigenvalue weighted by atomic mass is 9.74. The lowest BCUT2D eigenvalue weighted by molar-refractivity contribution is 0.0625. The van der Waals surface area contributed by atoms with Crippen LogP contribution in [-0.2, 0) is 11.2 Å². The molecule has 0 amide bonds. The van der Waals surface area contributed by atoms with Crippen molar-refractivity contribution >= 4 is 10.9 Å². The number of fused-ring (bicyclic) bond motifs is 5. The molecule has 0 bridgehead atoms. The second-order valence-corrected chi connectivity index (χ2v) is 7.58. The van der Waals surface area contributed by atoms with Crippen LogP contribution in [0.3, 0.4) is 0 Å². The Morgan fingerprint density at radius 1 is 1.42 bits per heavy atom. The molecule has 0 saturated carbocycles. The molecule has 2 aliphatic rings. The molecule has 3 atom stereocenters. The molecular formula is C22H30N2O2. The van der Waals surface area contributed by atoms with Gasteiger partial charge >= 0.3 is 0 Å². The molecule has 4 nitrogen and oxygen atoms in total. The first-order chi connectivity index (χ1) is 13.0. The third-order valence-electron chi connectivity index (χ3n) is 6.26. The fourth-order valence-electron chi connectivity index (χ4n) is 4.93. The van der Waals surface area contributed by atoms with Crippen LogP contribution in [0.4, 0.5) is 0 Å². The summed E-state index contributed by atoms with van der Waals surface area (Å²) in [6.07, 6.45) is 4.74. The Kier molecular flexibility index (Phi) is 4.37. The maximum atomic E-state index is 9.53. The Labute approximate surface area is 157 Å². The highest BCUT2D eigenvalue weighted by Crippen LogP contribution is 2.46. The van der Waals surface area contributed by atoms with Crippen molar-refractivity contribution in [1.82, 2.24) is 9.88 Å². The van der Waals surface area contributed by atoms with Gasteiger partial charge < -0.3 is 14.5 Å². The summed E-state index contributed by atoms with van der Waals surface area (Å²) in [7, 11) is 3.43. The van der Waals surface area contributed by atoms with Crippen molar-refractivity contribution in [3.8, 4) is 5.75 Å². The number of allylic oxidation sites excluding steroid dienone is 1. The zero-order valence-electron chi connectivity index (χ0n) is 17.3. The molecule has 1 fully saturated rings. The Hall–Kier alpha value is -1.94. The second-order valence-electron chi connectivity index (χ2n) is 7.58. The van der Waals surface area contributed by atoms with E-state index in [-0.39, 0.29) is 0 Å². The van der Waals surface area contributed by atoms with Crippen LogP contribution in [0.1, 0.15) is 45.3 Å². The van der Waals surface area contributed by atoms with Gasteiger partial charge in [-0.2, -0.15) is 0 Å². The molecule has 0 radical (unpaired) electrons. The van der Waals surface area contributed by atoms with Crippen LogP contribution in [0.2, 0.25) is 0 Å². The zero-order chi connectivity index (χ0) is 19.2. The number of nitrogens with zero attached hydrogens (tertiary/aromatic N) is 1. The number of aromatic amines is 1. The summed E-state index contributed by atoms with van der Waals surface area (Å²) < 4.78 is 20.5. The molecule has 2 aliphatic heterocycles. The number of methoxy groups -OCH3 is 2. The summed E-state index contributed by atoms with van der Waals surface area (Å²) in [5, 5.41) is 1.15. The molecule has 4 rings (SSSR count). The van der Waals surface area contributed by atoms with Gasteiger partial charge in [-0.05, 0) is 54.9 Å².